The van der Waals surface area contributed by atoms with Crippen LogP contribution in [0.2, 0.25) is 0 Å². The normalized spacial score (nSPS) is 30.4. The molecule has 2 unspecified atom stereocenters. The van der Waals surface area contributed by atoms with Crippen LogP contribution in [-0.4, -0.2) is 45.3 Å². The Kier molecular flexibility index (Phi) is 4.11. The summed E-state index contributed by atoms with van der Waals surface area (Å²) < 4.78 is 7.02. The molecule has 5 heterocycles. The summed E-state index contributed by atoms with van der Waals surface area (Å²) in [5.41, 5.74) is 1.27. The molecule has 3 saturated heterocycles. The Hall–Kier alpha value is -1.05. The van der Waals surface area contributed by atoms with Crippen LogP contribution in [0.15, 0.2) is 28.4 Å². The summed E-state index contributed by atoms with van der Waals surface area (Å²) in [5, 5.41) is 8.76. The molecule has 3 aliphatic rings. The van der Waals surface area contributed by atoms with E-state index in [-0.39, 0.29) is 6.10 Å². The molecular formula is C15H17BrN4OS. The summed E-state index contributed by atoms with van der Waals surface area (Å²) in [6, 6.07) is 4.55. The molecule has 2 aromatic heterocycles. The number of pyridine rings is 1. The van der Waals surface area contributed by atoms with Gasteiger partial charge in [-0.1, -0.05) is 11.2 Å². The van der Waals surface area contributed by atoms with Crippen molar-refractivity contribution in [3.8, 4) is 5.19 Å². The number of hydrogen-bond donors (Lipinski definition) is 0. The van der Waals surface area contributed by atoms with Crippen molar-refractivity contribution in [2.24, 2.45) is 5.92 Å². The van der Waals surface area contributed by atoms with Gasteiger partial charge in [0.1, 0.15) is 6.10 Å². The zero-order valence-corrected chi connectivity index (χ0v) is 14.5. The number of rotatable bonds is 4. The number of hydrogen-bond acceptors (Lipinski definition) is 6. The second-order valence-corrected chi connectivity index (χ2v) is 8.13. The number of ether oxygens (including phenoxy) is 1. The Morgan fingerprint density at radius 1 is 1.32 bits per heavy atom. The lowest BCUT2D eigenvalue weighted by Gasteiger charge is -2.50. The number of aromatic nitrogens is 3. The molecule has 0 aliphatic carbocycles. The number of halogens is 1. The highest BCUT2D eigenvalue weighted by Crippen LogP contribution is 2.37. The van der Waals surface area contributed by atoms with E-state index in [2.05, 4.69) is 42.1 Å². The standard InChI is InChI=1S/C15H17BrN4OS/c16-14-18-19-15(22-14)21-13-11-3-6-20(7-4-11)12(13)8-10-2-1-5-17-9-10/h1-2,5,9,11-13H,3-4,6-8H2. The van der Waals surface area contributed by atoms with Gasteiger partial charge in [-0.15, -0.1) is 5.10 Å². The van der Waals surface area contributed by atoms with Gasteiger partial charge in [-0.05, 0) is 77.2 Å². The fraction of sp³-hybridized carbons (Fsp3) is 0.533. The van der Waals surface area contributed by atoms with Gasteiger partial charge in [-0.3, -0.25) is 9.88 Å². The van der Waals surface area contributed by atoms with Crippen molar-refractivity contribution in [1.29, 1.82) is 0 Å². The lowest BCUT2D eigenvalue weighted by atomic mass is 9.78. The number of fused-ring (bicyclic) bond motifs is 3. The third-order valence-electron chi connectivity index (χ3n) is 4.67. The minimum Gasteiger partial charge on any atom is -0.464 e. The smallest absolute Gasteiger partial charge is 0.295 e. The van der Waals surface area contributed by atoms with E-state index >= 15 is 0 Å². The van der Waals surface area contributed by atoms with Crippen molar-refractivity contribution in [1.82, 2.24) is 20.1 Å². The van der Waals surface area contributed by atoms with E-state index < -0.39 is 0 Å². The van der Waals surface area contributed by atoms with E-state index in [4.69, 9.17) is 4.74 Å². The van der Waals surface area contributed by atoms with Crippen molar-refractivity contribution in [2.75, 3.05) is 13.1 Å². The Morgan fingerprint density at radius 2 is 2.18 bits per heavy atom. The Morgan fingerprint density at radius 3 is 2.86 bits per heavy atom. The van der Waals surface area contributed by atoms with Crippen molar-refractivity contribution in [3.05, 3.63) is 34.0 Å². The maximum Gasteiger partial charge on any atom is 0.295 e. The van der Waals surface area contributed by atoms with Crippen molar-refractivity contribution < 1.29 is 4.74 Å². The topological polar surface area (TPSA) is 51.1 Å². The molecule has 2 bridgehead atoms. The first-order valence-corrected chi connectivity index (χ1v) is 9.19. The SMILES string of the molecule is Brc1nnc(OC2C3CCN(CC3)C2Cc2cccnc2)s1. The Labute approximate surface area is 141 Å². The van der Waals surface area contributed by atoms with Gasteiger partial charge < -0.3 is 4.74 Å². The molecule has 3 aliphatic heterocycles. The van der Waals surface area contributed by atoms with Gasteiger partial charge in [-0.2, -0.15) is 0 Å². The Bertz CT molecular complexity index is 629. The molecule has 0 amide bonds. The lowest BCUT2D eigenvalue weighted by molar-refractivity contribution is -0.0581. The molecule has 0 spiro atoms. The Balaban J connectivity index is 1.55. The predicted molar refractivity (Wildman–Crippen MR) is 88.1 cm³/mol. The van der Waals surface area contributed by atoms with Crippen LogP contribution in [0.4, 0.5) is 0 Å². The van der Waals surface area contributed by atoms with Crippen molar-refractivity contribution in [2.45, 2.75) is 31.4 Å². The van der Waals surface area contributed by atoms with Gasteiger partial charge >= 0.3 is 0 Å². The van der Waals surface area contributed by atoms with Gasteiger partial charge in [0.2, 0.25) is 0 Å². The maximum atomic E-state index is 6.25. The monoisotopic (exact) mass is 380 g/mol. The zero-order valence-electron chi connectivity index (χ0n) is 12.1. The van der Waals surface area contributed by atoms with Crippen LogP contribution < -0.4 is 4.74 Å². The molecule has 0 aromatic carbocycles. The summed E-state index contributed by atoms with van der Waals surface area (Å²) in [6.07, 6.45) is 7.39. The molecular weight excluding hydrogens is 364 g/mol. The summed E-state index contributed by atoms with van der Waals surface area (Å²) in [5.74, 6) is 0.620. The molecule has 3 fully saturated rings. The first-order valence-electron chi connectivity index (χ1n) is 7.58. The zero-order chi connectivity index (χ0) is 14.9. The third kappa shape index (κ3) is 2.89. The number of nitrogens with zero attached hydrogens (tertiary/aromatic N) is 4. The van der Waals surface area contributed by atoms with E-state index in [0.29, 0.717) is 17.2 Å². The summed E-state index contributed by atoms with van der Waals surface area (Å²) in [7, 11) is 0. The van der Waals surface area contributed by atoms with E-state index in [1.807, 2.05) is 18.5 Å². The first-order chi connectivity index (χ1) is 10.8. The van der Waals surface area contributed by atoms with Gasteiger partial charge in [0.15, 0.2) is 3.92 Å². The molecule has 0 N–H and O–H groups in total. The van der Waals surface area contributed by atoms with Crippen molar-refractivity contribution in [3.63, 3.8) is 0 Å². The van der Waals surface area contributed by atoms with Crippen LogP contribution >= 0.6 is 27.3 Å². The minimum absolute atomic E-state index is 0.197. The molecule has 2 atom stereocenters. The highest BCUT2D eigenvalue weighted by atomic mass is 79.9. The molecule has 5 rings (SSSR count). The van der Waals surface area contributed by atoms with E-state index in [1.54, 1.807) is 0 Å². The average Bonchev–Trinajstić information content (AvgIpc) is 2.97. The molecule has 2 aromatic rings. The quantitative estimate of drug-likeness (QED) is 0.815. The molecule has 0 saturated carbocycles. The lowest BCUT2D eigenvalue weighted by Crippen LogP contribution is -2.60. The highest BCUT2D eigenvalue weighted by molar-refractivity contribution is 9.11. The number of piperidine rings is 3. The fourth-order valence-electron chi connectivity index (χ4n) is 3.64. The first kappa shape index (κ1) is 14.5. The van der Waals surface area contributed by atoms with E-state index in [9.17, 15) is 0 Å². The highest BCUT2D eigenvalue weighted by Gasteiger charge is 2.44. The van der Waals surface area contributed by atoms with Crippen LogP contribution in [0.3, 0.4) is 0 Å². The fourth-order valence-corrected chi connectivity index (χ4v) is 4.60. The molecule has 5 nitrogen and oxygen atoms in total. The van der Waals surface area contributed by atoms with Crippen LogP contribution in [0.5, 0.6) is 5.19 Å². The third-order valence-corrected chi connectivity index (χ3v) is 5.92. The van der Waals surface area contributed by atoms with Crippen LogP contribution in [0, 0.1) is 5.92 Å². The van der Waals surface area contributed by atoms with Gasteiger partial charge in [-0.25, -0.2) is 0 Å². The van der Waals surface area contributed by atoms with Crippen LogP contribution in [0.1, 0.15) is 18.4 Å². The van der Waals surface area contributed by atoms with E-state index in [0.717, 1.165) is 10.3 Å². The molecule has 0 radical (unpaired) electrons. The van der Waals surface area contributed by atoms with Gasteiger partial charge in [0, 0.05) is 12.4 Å². The van der Waals surface area contributed by atoms with Gasteiger partial charge in [0.25, 0.3) is 5.19 Å². The predicted octanol–water partition coefficient (Wildman–Crippen LogP) is 2.78. The largest absolute Gasteiger partial charge is 0.464 e. The second-order valence-electron chi connectivity index (χ2n) is 5.91. The second kappa shape index (κ2) is 6.22. The molecule has 22 heavy (non-hydrogen) atoms. The van der Waals surface area contributed by atoms with Crippen molar-refractivity contribution >= 4 is 27.3 Å². The van der Waals surface area contributed by atoms with E-state index in [1.165, 1.54) is 42.8 Å². The van der Waals surface area contributed by atoms with Gasteiger partial charge in [0.05, 0.1) is 6.04 Å². The summed E-state index contributed by atoms with van der Waals surface area (Å²) in [4.78, 5) is 6.80. The molecule has 7 heteroatoms. The molecule has 116 valence electrons. The van der Waals surface area contributed by atoms with Crippen LogP contribution in [0.25, 0.3) is 0 Å². The summed E-state index contributed by atoms with van der Waals surface area (Å²) >= 11 is 4.81. The summed E-state index contributed by atoms with van der Waals surface area (Å²) in [6.45, 7) is 2.35. The average molecular weight is 381 g/mol. The minimum atomic E-state index is 0.197. The van der Waals surface area contributed by atoms with Crippen LogP contribution in [-0.2, 0) is 6.42 Å². The maximum absolute atomic E-state index is 6.25.